The number of halogens is 2. The van der Waals surface area contributed by atoms with E-state index in [9.17, 15) is 8.78 Å². The van der Waals surface area contributed by atoms with Crippen LogP contribution in [0.2, 0.25) is 0 Å². The second kappa shape index (κ2) is 7.01. The molecule has 0 saturated carbocycles. The number of pyridine rings is 1. The van der Waals surface area contributed by atoms with Crippen LogP contribution < -0.4 is 10.6 Å². The molecule has 0 aliphatic carbocycles. The lowest BCUT2D eigenvalue weighted by Gasteiger charge is -2.09. The average molecular weight is 296 g/mol. The molecule has 114 valence electrons. The van der Waals surface area contributed by atoms with E-state index in [2.05, 4.69) is 20.6 Å². The van der Waals surface area contributed by atoms with Gasteiger partial charge in [0.05, 0.1) is 12.7 Å². The molecule has 0 saturated heterocycles. The number of aryl methyl sites for hydroxylation is 1. The van der Waals surface area contributed by atoms with Gasteiger partial charge in [-0.2, -0.15) is 0 Å². The largest absolute Gasteiger partial charge is 0.444 e. The maximum Gasteiger partial charge on any atom is 0.213 e. The number of nitrogens with one attached hydrogen (secondary N) is 2. The Hall–Kier alpha value is -2.18. The van der Waals surface area contributed by atoms with E-state index >= 15 is 0 Å². The number of rotatable bonds is 7. The minimum atomic E-state index is -0.753. The summed E-state index contributed by atoms with van der Waals surface area (Å²) in [6.45, 7) is 4.64. The molecule has 2 N–H and O–H groups in total. The fourth-order valence-corrected chi connectivity index (χ4v) is 1.71. The summed E-state index contributed by atoms with van der Waals surface area (Å²) in [4.78, 5) is 7.96. The lowest BCUT2D eigenvalue weighted by atomic mass is 10.3. The molecular formula is C14H18F2N4O. The summed E-state index contributed by atoms with van der Waals surface area (Å²) in [6.07, 6.45) is 3.18. The Morgan fingerprint density at radius 1 is 1.14 bits per heavy atom. The van der Waals surface area contributed by atoms with E-state index in [0.29, 0.717) is 12.4 Å². The topological polar surface area (TPSA) is 63.0 Å². The molecule has 2 aromatic heterocycles. The van der Waals surface area contributed by atoms with Crippen LogP contribution in [-0.4, -0.2) is 16.5 Å². The zero-order chi connectivity index (χ0) is 15.2. The van der Waals surface area contributed by atoms with Gasteiger partial charge in [0.1, 0.15) is 5.76 Å². The van der Waals surface area contributed by atoms with Crippen LogP contribution in [0.25, 0.3) is 0 Å². The van der Waals surface area contributed by atoms with Crippen LogP contribution in [0.4, 0.5) is 20.4 Å². The highest BCUT2D eigenvalue weighted by Gasteiger charge is 2.12. The van der Waals surface area contributed by atoms with Gasteiger partial charge in [-0.05, 0) is 6.42 Å². The summed E-state index contributed by atoms with van der Waals surface area (Å²) in [5, 5.41) is 5.57. The zero-order valence-electron chi connectivity index (χ0n) is 12.0. The molecule has 0 radical (unpaired) electrons. The fraction of sp³-hybridized carbons (Fsp3) is 0.429. The van der Waals surface area contributed by atoms with Gasteiger partial charge in [0, 0.05) is 19.0 Å². The maximum absolute atomic E-state index is 13.7. The van der Waals surface area contributed by atoms with Gasteiger partial charge in [-0.1, -0.05) is 13.8 Å². The molecule has 2 aromatic rings. The molecule has 0 aromatic carbocycles. The first-order valence-corrected chi connectivity index (χ1v) is 6.91. The van der Waals surface area contributed by atoms with Gasteiger partial charge in [0.25, 0.3) is 0 Å². The van der Waals surface area contributed by atoms with Crippen LogP contribution in [0.5, 0.6) is 0 Å². The molecule has 0 atom stereocenters. The maximum atomic E-state index is 13.7. The number of nitrogens with zero attached hydrogens (tertiary/aromatic N) is 2. The molecule has 0 fully saturated rings. The SMILES string of the molecule is CCCNc1nc(NCc2ncc(CC)o2)c(F)cc1F. The second-order valence-corrected chi connectivity index (χ2v) is 4.50. The van der Waals surface area contributed by atoms with Crippen LogP contribution in [-0.2, 0) is 13.0 Å². The number of hydrogen-bond donors (Lipinski definition) is 2. The van der Waals surface area contributed by atoms with Gasteiger partial charge in [0.2, 0.25) is 5.89 Å². The van der Waals surface area contributed by atoms with Crippen molar-refractivity contribution < 1.29 is 13.2 Å². The summed E-state index contributed by atoms with van der Waals surface area (Å²) in [7, 11) is 0. The Morgan fingerprint density at radius 2 is 1.86 bits per heavy atom. The molecule has 2 heterocycles. The fourth-order valence-electron chi connectivity index (χ4n) is 1.71. The van der Waals surface area contributed by atoms with Gasteiger partial charge >= 0.3 is 0 Å². The molecule has 2 rings (SSSR count). The number of anilines is 2. The Labute approximate surface area is 121 Å². The molecule has 7 heteroatoms. The molecule has 5 nitrogen and oxygen atoms in total. The number of hydrogen-bond acceptors (Lipinski definition) is 5. The molecule has 21 heavy (non-hydrogen) atoms. The van der Waals surface area contributed by atoms with Gasteiger partial charge in [-0.15, -0.1) is 0 Å². The first-order valence-electron chi connectivity index (χ1n) is 6.91. The van der Waals surface area contributed by atoms with Gasteiger partial charge in [-0.25, -0.2) is 18.7 Å². The summed E-state index contributed by atoms with van der Waals surface area (Å²) in [5.74, 6) is -0.286. The Bertz CT molecular complexity index is 601. The predicted octanol–water partition coefficient (Wildman–Crippen LogP) is 3.34. The van der Waals surface area contributed by atoms with Crippen molar-refractivity contribution in [1.29, 1.82) is 0 Å². The van der Waals surface area contributed by atoms with E-state index in [0.717, 1.165) is 24.7 Å². The quantitative estimate of drug-likeness (QED) is 0.820. The third kappa shape index (κ3) is 3.90. The molecule has 0 spiro atoms. The first-order chi connectivity index (χ1) is 10.1. The van der Waals surface area contributed by atoms with Crippen LogP contribution in [0.3, 0.4) is 0 Å². The van der Waals surface area contributed by atoms with E-state index in [4.69, 9.17) is 4.42 Å². The summed E-state index contributed by atoms with van der Waals surface area (Å²) < 4.78 is 32.6. The molecule has 0 bridgehead atoms. The van der Waals surface area contributed by atoms with Crippen molar-refractivity contribution in [2.45, 2.75) is 33.2 Å². The standard InChI is InChI=1S/C14H18F2N4O/c1-3-5-17-13-10(15)6-11(16)14(20-13)19-8-12-18-7-9(4-2)21-12/h6-7H,3-5,8H2,1-2H3,(H2,17,19,20). The van der Waals surface area contributed by atoms with Crippen molar-refractivity contribution in [3.05, 3.63) is 35.5 Å². The van der Waals surface area contributed by atoms with E-state index in [-0.39, 0.29) is 18.2 Å². The van der Waals surface area contributed by atoms with Crippen LogP contribution >= 0.6 is 0 Å². The smallest absolute Gasteiger partial charge is 0.213 e. The second-order valence-electron chi connectivity index (χ2n) is 4.50. The van der Waals surface area contributed by atoms with E-state index in [1.54, 1.807) is 6.20 Å². The van der Waals surface area contributed by atoms with Gasteiger partial charge < -0.3 is 15.1 Å². The van der Waals surface area contributed by atoms with Gasteiger partial charge in [0.15, 0.2) is 23.3 Å². The Kier molecular flexibility index (Phi) is 5.08. The van der Waals surface area contributed by atoms with Crippen LogP contribution in [0, 0.1) is 11.6 Å². The van der Waals surface area contributed by atoms with Crippen LogP contribution in [0.1, 0.15) is 31.9 Å². The monoisotopic (exact) mass is 296 g/mol. The van der Waals surface area contributed by atoms with Crippen molar-refractivity contribution in [2.75, 3.05) is 17.2 Å². The third-order valence-corrected chi connectivity index (χ3v) is 2.83. The summed E-state index contributed by atoms with van der Waals surface area (Å²) in [5.41, 5.74) is 0. The predicted molar refractivity (Wildman–Crippen MR) is 76.1 cm³/mol. The molecule has 0 unspecified atom stereocenters. The highest BCUT2D eigenvalue weighted by Crippen LogP contribution is 2.19. The number of oxazole rings is 1. The first kappa shape index (κ1) is 15.2. The van der Waals surface area contributed by atoms with Gasteiger partial charge in [-0.3, -0.25) is 0 Å². The van der Waals surface area contributed by atoms with E-state index in [1.807, 2.05) is 13.8 Å². The molecule has 0 amide bonds. The zero-order valence-corrected chi connectivity index (χ0v) is 12.0. The molecular weight excluding hydrogens is 278 g/mol. The van der Waals surface area contributed by atoms with Crippen molar-refractivity contribution in [2.24, 2.45) is 0 Å². The normalized spacial score (nSPS) is 10.7. The molecule has 0 aliphatic rings. The van der Waals surface area contributed by atoms with E-state index in [1.165, 1.54) is 0 Å². The van der Waals surface area contributed by atoms with Crippen molar-refractivity contribution in [3.8, 4) is 0 Å². The lowest BCUT2D eigenvalue weighted by Crippen LogP contribution is -2.09. The summed E-state index contributed by atoms with van der Waals surface area (Å²) >= 11 is 0. The summed E-state index contributed by atoms with van der Waals surface area (Å²) in [6, 6.07) is 0.806. The minimum absolute atomic E-state index is 0.0300. The Balaban J connectivity index is 2.07. The Morgan fingerprint density at radius 3 is 2.48 bits per heavy atom. The highest BCUT2D eigenvalue weighted by atomic mass is 19.1. The lowest BCUT2D eigenvalue weighted by molar-refractivity contribution is 0.465. The minimum Gasteiger partial charge on any atom is -0.444 e. The third-order valence-electron chi connectivity index (χ3n) is 2.83. The van der Waals surface area contributed by atoms with E-state index < -0.39 is 11.6 Å². The molecule has 0 aliphatic heterocycles. The number of aromatic nitrogens is 2. The highest BCUT2D eigenvalue weighted by molar-refractivity contribution is 5.47. The van der Waals surface area contributed by atoms with Crippen LogP contribution in [0.15, 0.2) is 16.7 Å². The average Bonchev–Trinajstić information content (AvgIpc) is 2.93. The van der Waals surface area contributed by atoms with Crippen molar-refractivity contribution >= 4 is 11.6 Å². The van der Waals surface area contributed by atoms with Crippen molar-refractivity contribution in [3.63, 3.8) is 0 Å². The van der Waals surface area contributed by atoms with Crippen molar-refractivity contribution in [1.82, 2.24) is 9.97 Å².